The van der Waals surface area contributed by atoms with E-state index in [4.69, 9.17) is 0 Å². The minimum Gasteiger partial charge on any atom is -0.434 e. The first-order valence-corrected chi connectivity index (χ1v) is 10.7. The Labute approximate surface area is 197 Å². The number of guanidine groups is 1. The molecule has 30 heavy (non-hydrogen) atoms. The topological polar surface area (TPSA) is 48.9 Å². The number of para-hydroxylation sites is 1. The Morgan fingerprint density at radius 2 is 1.73 bits per heavy atom. The van der Waals surface area contributed by atoms with Crippen LogP contribution in [0.5, 0.6) is 5.75 Å². The molecule has 1 heterocycles. The molecule has 0 amide bonds. The summed E-state index contributed by atoms with van der Waals surface area (Å²) < 4.78 is 29.6. The summed E-state index contributed by atoms with van der Waals surface area (Å²) in [5.74, 6) is 3.11. The molecule has 0 aliphatic carbocycles. The molecule has 0 aromatic heterocycles. The summed E-state index contributed by atoms with van der Waals surface area (Å²) in [6, 6.07) is 15.3. The Morgan fingerprint density at radius 3 is 2.40 bits per heavy atom. The Bertz CT molecular complexity index is 802. The Morgan fingerprint density at radius 1 is 1.07 bits per heavy atom. The van der Waals surface area contributed by atoms with Crippen molar-refractivity contribution < 1.29 is 13.5 Å². The van der Waals surface area contributed by atoms with E-state index in [1.165, 1.54) is 23.3 Å². The third-order valence-corrected chi connectivity index (χ3v) is 5.57. The molecule has 1 saturated heterocycles. The van der Waals surface area contributed by atoms with Crippen LogP contribution in [0.1, 0.15) is 11.1 Å². The summed E-state index contributed by atoms with van der Waals surface area (Å²) in [6.45, 7) is 0.283. The summed E-state index contributed by atoms with van der Waals surface area (Å²) in [4.78, 5) is 6.60. The van der Waals surface area contributed by atoms with Crippen LogP contribution >= 0.6 is 35.7 Å². The van der Waals surface area contributed by atoms with Gasteiger partial charge in [0.2, 0.25) is 0 Å². The van der Waals surface area contributed by atoms with Crippen LogP contribution in [-0.4, -0.2) is 44.2 Å². The van der Waals surface area contributed by atoms with Crippen molar-refractivity contribution in [1.82, 2.24) is 10.6 Å². The van der Waals surface area contributed by atoms with Gasteiger partial charge in [0.05, 0.1) is 0 Å². The average molecular weight is 548 g/mol. The zero-order valence-electron chi connectivity index (χ0n) is 16.8. The van der Waals surface area contributed by atoms with Crippen molar-refractivity contribution in [3.8, 4) is 5.75 Å². The van der Waals surface area contributed by atoms with Gasteiger partial charge in [0.25, 0.3) is 0 Å². The quantitative estimate of drug-likeness (QED) is 0.307. The number of anilines is 1. The number of aliphatic imine (C=N–C) groups is 1. The number of ether oxygens (including phenoxy) is 1. The van der Waals surface area contributed by atoms with E-state index in [0.29, 0.717) is 24.6 Å². The van der Waals surface area contributed by atoms with E-state index < -0.39 is 6.61 Å². The number of nitrogens with one attached hydrogen (secondary N) is 2. The lowest BCUT2D eigenvalue weighted by molar-refractivity contribution is -0.0504. The lowest BCUT2D eigenvalue weighted by atomic mass is 10.2. The summed E-state index contributed by atoms with van der Waals surface area (Å²) in [5.41, 5.74) is 3.04. The van der Waals surface area contributed by atoms with Crippen LogP contribution in [0.2, 0.25) is 0 Å². The lowest BCUT2D eigenvalue weighted by Gasteiger charge is -2.28. The van der Waals surface area contributed by atoms with Gasteiger partial charge in [0.15, 0.2) is 5.96 Å². The number of thioether (sulfide) groups is 1. The first kappa shape index (κ1) is 24.5. The van der Waals surface area contributed by atoms with E-state index >= 15 is 0 Å². The molecule has 0 unspecified atom stereocenters. The van der Waals surface area contributed by atoms with Gasteiger partial charge in [0, 0.05) is 56.0 Å². The largest absolute Gasteiger partial charge is 0.434 e. The molecule has 3 rings (SSSR count). The molecule has 0 spiro atoms. The molecule has 9 heteroatoms. The van der Waals surface area contributed by atoms with Crippen LogP contribution in [0.4, 0.5) is 14.5 Å². The van der Waals surface area contributed by atoms with E-state index in [1.54, 1.807) is 25.2 Å². The van der Waals surface area contributed by atoms with E-state index in [2.05, 4.69) is 49.5 Å². The molecule has 1 aliphatic rings. The molecule has 2 aromatic rings. The average Bonchev–Trinajstić information content (AvgIpc) is 2.75. The Balaban J connectivity index is 0.00000320. The number of rotatable bonds is 7. The zero-order chi connectivity index (χ0) is 20.5. The van der Waals surface area contributed by atoms with Crippen molar-refractivity contribution in [1.29, 1.82) is 0 Å². The molecule has 0 atom stereocenters. The highest BCUT2D eigenvalue weighted by Crippen LogP contribution is 2.21. The number of alkyl halides is 2. The van der Waals surface area contributed by atoms with Gasteiger partial charge in [-0.15, -0.1) is 24.0 Å². The summed E-state index contributed by atoms with van der Waals surface area (Å²) in [7, 11) is 1.67. The highest BCUT2D eigenvalue weighted by atomic mass is 127. The first-order valence-electron chi connectivity index (χ1n) is 9.54. The van der Waals surface area contributed by atoms with Gasteiger partial charge in [-0.25, -0.2) is 0 Å². The highest BCUT2D eigenvalue weighted by Gasteiger charge is 2.11. The molecule has 5 nitrogen and oxygen atoms in total. The third-order valence-electron chi connectivity index (χ3n) is 4.63. The van der Waals surface area contributed by atoms with Crippen molar-refractivity contribution >= 4 is 47.4 Å². The summed E-state index contributed by atoms with van der Waals surface area (Å²) in [6.07, 6.45) is 0. The molecule has 1 fully saturated rings. The van der Waals surface area contributed by atoms with Crippen molar-refractivity contribution in [3.63, 3.8) is 0 Å². The normalized spacial score (nSPS) is 14.3. The van der Waals surface area contributed by atoms with Crippen molar-refractivity contribution in [2.24, 2.45) is 4.99 Å². The molecule has 0 saturated carbocycles. The predicted molar refractivity (Wildman–Crippen MR) is 132 cm³/mol. The van der Waals surface area contributed by atoms with E-state index in [-0.39, 0.29) is 29.7 Å². The maximum Gasteiger partial charge on any atom is 0.387 e. The molecular formula is C21H27F2IN4OS. The zero-order valence-corrected chi connectivity index (χ0v) is 20.0. The second-order valence-electron chi connectivity index (χ2n) is 6.53. The van der Waals surface area contributed by atoms with Gasteiger partial charge in [-0.2, -0.15) is 20.5 Å². The summed E-state index contributed by atoms with van der Waals surface area (Å²) in [5, 5.41) is 6.38. The van der Waals surface area contributed by atoms with Gasteiger partial charge in [-0.05, 0) is 23.8 Å². The molecule has 0 bridgehead atoms. The fourth-order valence-corrected chi connectivity index (χ4v) is 4.00. The molecule has 0 radical (unpaired) electrons. The first-order chi connectivity index (χ1) is 14.2. The summed E-state index contributed by atoms with van der Waals surface area (Å²) >= 11 is 2.00. The van der Waals surface area contributed by atoms with E-state index in [1.807, 2.05) is 11.8 Å². The van der Waals surface area contributed by atoms with Crippen LogP contribution in [0, 0.1) is 0 Å². The van der Waals surface area contributed by atoms with Crippen LogP contribution in [-0.2, 0) is 13.1 Å². The van der Waals surface area contributed by atoms with Crippen molar-refractivity contribution in [2.75, 3.05) is 36.5 Å². The lowest BCUT2D eigenvalue weighted by Crippen LogP contribution is -2.36. The third kappa shape index (κ3) is 7.50. The number of hydrogen-bond acceptors (Lipinski definition) is 4. The van der Waals surface area contributed by atoms with Crippen LogP contribution < -0.4 is 20.3 Å². The second kappa shape index (κ2) is 12.8. The fraction of sp³-hybridized carbons (Fsp3) is 0.381. The second-order valence-corrected chi connectivity index (χ2v) is 7.76. The maximum absolute atomic E-state index is 12.5. The molecule has 2 aromatic carbocycles. The molecular weight excluding hydrogens is 521 g/mol. The number of benzene rings is 2. The minimum absolute atomic E-state index is 0. The number of hydrogen-bond donors (Lipinski definition) is 2. The molecule has 164 valence electrons. The number of halogens is 3. The monoisotopic (exact) mass is 548 g/mol. The maximum atomic E-state index is 12.5. The van der Waals surface area contributed by atoms with Crippen LogP contribution in [0.3, 0.4) is 0 Å². The molecule has 2 N–H and O–H groups in total. The van der Waals surface area contributed by atoms with Crippen LogP contribution in [0.15, 0.2) is 53.5 Å². The van der Waals surface area contributed by atoms with Gasteiger partial charge in [-0.3, -0.25) is 4.99 Å². The van der Waals surface area contributed by atoms with E-state index in [9.17, 15) is 8.78 Å². The van der Waals surface area contributed by atoms with Crippen molar-refractivity contribution in [2.45, 2.75) is 19.7 Å². The van der Waals surface area contributed by atoms with Gasteiger partial charge in [-0.1, -0.05) is 30.3 Å². The van der Waals surface area contributed by atoms with Gasteiger partial charge >= 0.3 is 6.61 Å². The smallest absolute Gasteiger partial charge is 0.387 e. The fourth-order valence-electron chi connectivity index (χ4n) is 3.09. The van der Waals surface area contributed by atoms with Gasteiger partial charge in [0.1, 0.15) is 5.75 Å². The predicted octanol–water partition coefficient (Wildman–Crippen LogP) is 4.32. The van der Waals surface area contributed by atoms with Gasteiger partial charge < -0.3 is 20.3 Å². The van der Waals surface area contributed by atoms with E-state index in [0.717, 1.165) is 18.7 Å². The Kier molecular flexibility index (Phi) is 10.5. The molecule has 1 aliphatic heterocycles. The van der Waals surface area contributed by atoms with Crippen molar-refractivity contribution in [3.05, 3.63) is 59.7 Å². The number of nitrogens with zero attached hydrogens (tertiary/aromatic N) is 2. The SMILES string of the molecule is CN=C(NCc1ccc(N2CCSCC2)cc1)NCc1ccccc1OC(F)F.I. The Hall–Kier alpha value is -1.75. The highest BCUT2D eigenvalue weighted by molar-refractivity contribution is 14.0. The standard InChI is InChI=1S/C21H26F2N4OS.HI/c1-24-21(26-15-17-4-2-3-5-19(17)28-20(22)23)25-14-16-6-8-18(9-7-16)27-10-12-29-13-11-27;/h2-9,20H,10-15H2,1H3,(H2,24,25,26);1H. The minimum atomic E-state index is -2.85. The van der Waals surface area contributed by atoms with Crippen LogP contribution in [0.25, 0.3) is 0 Å².